The molecule has 0 fully saturated rings. The Labute approximate surface area is 113 Å². The number of nitrogens with one attached hydrogen (secondary N) is 1. The lowest BCUT2D eigenvalue weighted by atomic mass is 10.2. The molecule has 0 radical (unpaired) electrons. The quantitative estimate of drug-likeness (QED) is 0.868. The molecular formula is C14H21N3S. The summed E-state index contributed by atoms with van der Waals surface area (Å²) in [6.07, 6.45) is 2.13. The van der Waals surface area contributed by atoms with Crippen molar-refractivity contribution in [3.05, 3.63) is 40.1 Å². The molecule has 2 heterocycles. The fraction of sp³-hybridized carbons (Fsp3) is 0.500. The maximum atomic E-state index is 4.51. The van der Waals surface area contributed by atoms with Crippen LogP contribution in [0.25, 0.3) is 0 Å². The third-order valence-corrected chi connectivity index (χ3v) is 3.71. The number of rotatable bonds is 6. The zero-order chi connectivity index (χ0) is 13.0. The van der Waals surface area contributed by atoms with E-state index in [1.807, 2.05) is 6.92 Å². The molecular weight excluding hydrogens is 242 g/mol. The predicted molar refractivity (Wildman–Crippen MR) is 76.9 cm³/mol. The van der Waals surface area contributed by atoms with Gasteiger partial charge in [0, 0.05) is 29.5 Å². The van der Waals surface area contributed by atoms with Gasteiger partial charge in [-0.15, -0.1) is 11.3 Å². The van der Waals surface area contributed by atoms with Gasteiger partial charge in [-0.1, -0.05) is 13.8 Å². The van der Waals surface area contributed by atoms with Crippen LogP contribution in [0.3, 0.4) is 0 Å². The van der Waals surface area contributed by atoms with E-state index in [1.54, 1.807) is 11.3 Å². The van der Waals surface area contributed by atoms with Crippen LogP contribution in [0.1, 0.15) is 30.2 Å². The van der Waals surface area contributed by atoms with Crippen molar-refractivity contribution >= 4 is 11.3 Å². The second kappa shape index (κ2) is 6.16. The maximum Gasteiger partial charge on any atom is 0.113 e. The van der Waals surface area contributed by atoms with E-state index >= 15 is 0 Å². The second-order valence-electron chi connectivity index (χ2n) is 5.03. The molecule has 0 bridgehead atoms. The van der Waals surface area contributed by atoms with Gasteiger partial charge in [-0.3, -0.25) is 0 Å². The molecule has 2 aromatic heterocycles. The van der Waals surface area contributed by atoms with Gasteiger partial charge in [-0.2, -0.15) is 0 Å². The van der Waals surface area contributed by atoms with Crippen LogP contribution in [0.4, 0.5) is 0 Å². The second-order valence-corrected chi connectivity index (χ2v) is 5.98. The molecule has 3 nitrogen and oxygen atoms in total. The van der Waals surface area contributed by atoms with Gasteiger partial charge in [0.05, 0.1) is 6.54 Å². The Morgan fingerprint density at radius 3 is 2.94 bits per heavy atom. The standard InChI is InChI=1S/C14H21N3S/c1-11(2)7-15-8-13-5-4-6-17(13)9-14-16-12(3)10-18-14/h4-6,10-11,15H,7-9H2,1-3H3. The lowest BCUT2D eigenvalue weighted by molar-refractivity contribution is 0.539. The van der Waals surface area contributed by atoms with E-state index in [0.29, 0.717) is 5.92 Å². The molecule has 1 N–H and O–H groups in total. The van der Waals surface area contributed by atoms with Crippen molar-refractivity contribution in [3.63, 3.8) is 0 Å². The molecule has 0 aliphatic carbocycles. The molecule has 0 aliphatic heterocycles. The SMILES string of the molecule is Cc1csc(Cn2cccc2CNCC(C)C)n1. The van der Waals surface area contributed by atoms with E-state index in [4.69, 9.17) is 0 Å². The molecule has 0 atom stereocenters. The molecule has 0 amide bonds. The Hall–Kier alpha value is -1.13. The van der Waals surface area contributed by atoms with Crippen molar-refractivity contribution < 1.29 is 0 Å². The summed E-state index contributed by atoms with van der Waals surface area (Å²) in [5, 5.41) is 6.76. The average Bonchev–Trinajstić information content (AvgIpc) is 2.89. The summed E-state index contributed by atoms with van der Waals surface area (Å²) in [6, 6.07) is 4.28. The Kier molecular flexibility index (Phi) is 4.55. The van der Waals surface area contributed by atoms with Crippen LogP contribution in [0.5, 0.6) is 0 Å². The fourth-order valence-corrected chi connectivity index (χ4v) is 2.64. The molecule has 0 saturated carbocycles. The van der Waals surface area contributed by atoms with Gasteiger partial charge >= 0.3 is 0 Å². The van der Waals surface area contributed by atoms with Gasteiger partial charge in [0.2, 0.25) is 0 Å². The number of thiazole rings is 1. The summed E-state index contributed by atoms with van der Waals surface area (Å²) in [7, 11) is 0. The first-order chi connectivity index (χ1) is 8.65. The van der Waals surface area contributed by atoms with Crippen molar-refractivity contribution in [1.82, 2.24) is 14.9 Å². The molecule has 4 heteroatoms. The van der Waals surface area contributed by atoms with Gasteiger partial charge in [0.1, 0.15) is 5.01 Å². The lowest BCUT2D eigenvalue weighted by Gasteiger charge is -2.10. The molecule has 2 rings (SSSR count). The first kappa shape index (κ1) is 13.3. The maximum absolute atomic E-state index is 4.51. The van der Waals surface area contributed by atoms with Gasteiger partial charge in [0.15, 0.2) is 0 Å². The van der Waals surface area contributed by atoms with Crippen LogP contribution in [0.15, 0.2) is 23.7 Å². The van der Waals surface area contributed by atoms with Crippen LogP contribution in [-0.2, 0) is 13.1 Å². The summed E-state index contributed by atoms with van der Waals surface area (Å²) < 4.78 is 2.27. The van der Waals surface area contributed by atoms with Gasteiger partial charge in [0.25, 0.3) is 0 Å². The molecule has 0 saturated heterocycles. The highest BCUT2D eigenvalue weighted by Gasteiger charge is 2.04. The lowest BCUT2D eigenvalue weighted by Crippen LogP contribution is -2.20. The topological polar surface area (TPSA) is 29.9 Å². The van der Waals surface area contributed by atoms with Crippen LogP contribution >= 0.6 is 11.3 Å². The summed E-state index contributed by atoms with van der Waals surface area (Å²) in [5.74, 6) is 0.690. The smallest absolute Gasteiger partial charge is 0.113 e. The minimum Gasteiger partial charge on any atom is -0.343 e. The van der Waals surface area contributed by atoms with Gasteiger partial charge < -0.3 is 9.88 Å². The van der Waals surface area contributed by atoms with E-state index in [2.05, 4.69) is 52.4 Å². The minimum absolute atomic E-state index is 0.690. The molecule has 2 aromatic rings. The number of aryl methyl sites for hydroxylation is 1. The zero-order valence-electron chi connectivity index (χ0n) is 11.3. The number of nitrogens with zero attached hydrogens (tertiary/aromatic N) is 2. The monoisotopic (exact) mass is 263 g/mol. The predicted octanol–water partition coefficient (Wildman–Crippen LogP) is 3.05. The largest absolute Gasteiger partial charge is 0.343 e. The van der Waals surface area contributed by atoms with Crippen molar-refractivity contribution in [2.24, 2.45) is 5.92 Å². The van der Waals surface area contributed by atoms with E-state index < -0.39 is 0 Å². The summed E-state index contributed by atoms with van der Waals surface area (Å²) in [6.45, 7) is 9.36. The van der Waals surface area contributed by atoms with E-state index in [1.165, 1.54) is 10.7 Å². The highest BCUT2D eigenvalue weighted by molar-refractivity contribution is 7.09. The minimum atomic E-state index is 0.690. The number of hydrogen-bond donors (Lipinski definition) is 1. The normalized spacial score (nSPS) is 11.3. The molecule has 18 heavy (non-hydrogen) atoms. The van der Waals surface area contributed by atoms with Crippen LogP contribution < -0.4 is 5.32 Å². The fourth-order valence-electron chi connectivity index (χ4n) is 1.87. The third-order valence-electron chi connectivity index (χ3n) is 2.75. The Balaban J connectivity index is 1.95. The summed E-state index contributed by atoms with van der Waals surface area (Å²) in [5.41, 5.74) is 2.44. The molecule has 0 aromatic carbocycles. The zero-order valence-corrected chi connectivity index (χ0v) is 12.1. The third kappa shape index (κ3) is 3.68. The van der Waals surface area contributed by atoms with E-state index in [0.717, 1.165) is 25.3 Å². The first-order valence-corrected chi connectivity index (χ1v) is 7.29. The van der Waals surface area contributed by atoms with Crippen molar-refractivity contribution in [2.45, 2.75) is 33.9 Å². The molecule has 98 valence electrons. The van der Waals surface area contributed by atoms with E-state index in [9.17, 15) is 0 Å². The average molecular weight is 263 g/mol. The van der Waals surface area contributed by atoms with Crippen molar-refractivity contribution in [3.8, 4) is 0 Å². The molecule has 0 aliphatic rings. The summed E-state index contributed by atoms with van der Waals surface area (Å²) >= 11 is 1.73. The van der Waals surface area contributed by atoms with E-state index in [-0.39, 0.29) is 0 Å². The van der Waals surface area contributed by atoms with Crippen LogP contribution in [0, 0.1) is 12.8 Å². The highest BCUT2D eigenvalue weighted by atomic mass is 32.1. The van der Waals surface area contributed by atoms with Crippen LogP contribution in [-0.4, -0.2) is 16.1 Å². The number of hydrogen-bond acceptors (Lipinski definition) is 3. The van der Waals surface area contributed by atoms with Gasteiger partial charge in [-0.25, -0.2) is 4.98 Å². The van der Waals surface area contributed by atoms with Crippen molar-refractivity contribution in [2.75, 3.05) is 6.54 Å². The molecule has 0 spiro atoms. The first-order valence-electron chi connectivity index (χ1n) is 6.41. The van der Waals surface area contributed by atoms with Crippen molar-refractivity contribution in [1.29, 1.82) is 0 Å². The number of aromatic nitrogens is 2. The van der Waals surface area contributed by atoms with Gasteiger partial charge in [-0.05, 0) is 31.5 Å². The Bertz CT molecular complexity index is 485. The Morgan fingerprint density at radius 1 is 1.44 bits per heavy atom. The molecule has 0 unspecified atom stereocenters. The van der Waals surface area contributed by atoms with Crippen LogP contribution in [0.2, 0.25) is 0 Å². The Morgan fingerprint density at radius 2 is 2.28 bits per heavy atom. The summed E-state index contributed by atoms with van der Waals surface area (Å²) in [4.78, 5) is 4.51. The highest BCUT2D eigenvalue weighted by Crippen LogP contribution is 2.12.